The molecule has 0 aliphatic heterocycles. The van der Waals surface area contributed by atoms with E-state index in [4.69, 9.17) is 0 Å². The van der Waals surface area contributed by atoms with Gasteiger partial charge in [-0.05, 0) is 19.8 Å². The van der Waals surface area contributed by atoms with E-state index < -0.39 is 0 Å². The number of rotatable bonds is 6. The van der Waals surface area contributed by atoms with Gasteiger partial charge >= 0.3 is 0 Å². The number of aryl methyl sites for hydroxylation is 1. The van der Waals surface area contributed by atoms with Gasteiger partial charge in [0.2, 0.25) is 5.91 Å². The fourth-order valence-electron chi connectivity index (χ4n) is 1.32. The van der Waals surface area contributed by atoms with Crippen molar-refractivity contribution in [3.63, 3.8) is 0 Å². The first-order valence-electron chi connectivity index (χ1n) is 5.31. The minimum atomic E-state index is 0.142. The molecular weight excluding hydrogens is 272 g/mol. The van der Waals surface area contributed by atoms with E-state index in [1.165, 1.54) is 0 Å². The lowest BCUT2D eigenvalue weighted by atomic mass is 10.2. The summed E-state index contributed by atoms with van der Waals surface area (Å²) in [6.07, 6.45) is 2.53. The number of halogens is 1. The molecule has 0 fully saturated rings. The normalized spacial score (nSPS) is 10.4. The minimum absolute atomic E-state index is 0.142. The van der Waals surface area contributed by atoms with Gasteiger partial charge in [-0.2, -0.15) is 5.10 Å². The van der Waals surface area contributed by atoms with Crippen molar-refractivity contribution < 1.29 is 4.79 Å². The second kappa shape index (κ2) is 6.62. The molecular formula is C10H17BrN4O. The number of hydrogen-bond donors (Lipinski definition) is 1. The van der Waals surface area contributed by atoms with Gasteiger partial charge in [-0.3, -0.25) is 9.89 Å². The number of amides is 1. The predicted molar refractivity (Wildman–Crippen MR) is 65.2 cm³/mol. The Labute approximate surface area is 104 Å². The first-order valence-corrected chi connectivity index (χ1v) is 6.43. The topological polar surface area (TPSA) is 61.9 Å². The molecule has 1 N–H and O–H groups in total. The van der Waals surface area contributed by atoms with Crippen molar-refractivity contribution in [3.05, 3.63) is 11.6 Å². The molecule has 1 aromatic heterocycles. The Hall–Kier alpha value is -0.910. The zero-order valence-corrected chi connectivity index (χ0v) is 11.2. The SMILES string of the molecule is Cc1nc(CN(C)C(=O)CCCCBr)n[nH]1. The van der Waals surface area contributed by atoms with Crippen molar-refractivity contribution in [2.75, 3.05) is 12.4 Å². The third-order valence-electron chi connectivity index (χ3n) is 2.22. The number of carbonyl (C=O) groups is 1. The third kappa shape index (κ3) is 4.30. The number of carbonyl (C=O) groups excluding carboxylic acids is 1. The summed E-state index contributed by atoms with van der Waals surface area (Å²) in [5.41, 5.74) is 0. The minimum Gasteiger partial charge on any atom is -0.338 e. The third-order valence-corrected chi connectivity index (χ3v) is 2.78. The van der Waals surface area contributed by atoms with Crippen LogP contribution in [0.25, 0.3) is 0 Å². The maximum atomic E-state index is 11.7. The van der Waals surface area contributed by atoms with Crippen LogP contribution in [0, 0.1) is 6.92 Å². The second-order valence-electron chi connectivity index (χ2n) is 3.73. The summed E-state index contributed by atoms with van der Waals surface area (Å²) >= 11 is 3.34. The highest BCUT2D eigenvalue weighted by Gasteiger charge is 2.10. The Kier molecular flexibility index (Phi) is 5.45. The van der Waals surface area contributed by atoms with Gasteiger partial charge in [0.25, 0.3) is 0 Å². The van der Waals surface area contributed by atoms with Crippen LogP contribution in [0.4, 0.5) is 0 Å². The molecule has 0 aromatic carbocycles. The number of hydrogen-bond acceptors (Lipinski definition) is 3. The number of nitrogens with zero attached hydrogens (tertiary/aromatic N) is 3. The molecule has 6 heteroatoms. The van der Waals surface area contributed by atoms with Crippen LogP contribution in [0.5, 0.6) is 0 Å². The molecule has 0 atom stereocenters. The maximum Gasteiger partial charge on any atom is 0.222 e. The second-order valence-corrected chi connectivity index (χ2v) is 4.53. The molecule has 0 aliphatic carbocycles. The van der Waals surface area contributed by atoms with Crippen LogP contribution in [0.3, 0.4) is 0 Å². The van der Waals surface area contributed by atoms with Gasteiger partial charge < -0.3 is 4.90 Å². The van der Waals surface area contributed by atoms with E-state index in [1.54, 1.807) is 11.9 Å². The molecule has 1 amide bonds. The lowest BCUT2D eigenvalue weighted by Crippen LogP contribution is -2.26. The van der Waals surface area contributed by atoms with E-state index >= 15 is 0 Å². The first-order chi connectivity index (χ1) is 7.63. The Morgan fingerprint density at radius 3 is 2.81 bits per heavy atom. The van der Waals surface area contributed by atoms with Crippen molar-refractivity contribution in [2.45, 2.75) is 32.7 Å². The van der Waals surface area contributed by atoms with Crippen molar-refractivity contribution in [1.82, 2.24) is 20.1 Å². The van der Waals surface area contributed by atoms with E-state index in [2.05, 4.69) is 31.1 Å². The highest BCUT2D eigenvalue weighted by molar-refractivity contribution is 9.09. The number of aromatic nitrogens is 3. The maximum absolute atomic E-state index is 11.7. The summed E-state index contributed by atoms with van der Waals surface area (Å²) in [6.45, 7) is 2.31. The van der Waals surface area contributed by atoms with E-state index in [9.17, 15) is 4.79 Å². The zero-order valence-electron chi connectivity index (χ0n) is 9.66. The summed E-state index contributed by atoms with van der Waals surface area (Å²) in [4.78, 5) is 17.5. The van der Waals surface area contributed by atoms with Crippen LogP contribution in [0.15, 0.2) is 0 Å². The monoisotopic (exact) mass is 288 g/mol. The molecule has 0 unspecified atom stereocenters. The lowest BCUT2D eigenvalue weighted by molar-refractivity contribution is -0.130. The standard InChI is InChI=1S/C10H17BrN4O/c1-8-12-9(14-13-8)7-15(2)10(16)5-3-4-6-11/h3-7H2,1-2H3,(H,12,13,14). The Morgan fingerprint density at radius 2 is 2.25 bits per heavy atom. The Morgan fingerprint density at radius 1 is 1.50 bits per heavy atom. The van der Waals surface area contributed by atoms with Crippen LogP contribution in [0.1, 0.15) is 30.9 Å². The molecule has 1 aromatic rings. The molecule has 0 aliphatic rings. The molecule has 0 radical (unpaired) electrons. The zero-order chi connectivity index (χ0) is 12.0. The van der Waals surface area contributed by atoms with Crippen LogP contribution in [0.2, 0.25) is 0 Å². The van der Waals surface area contributed by atoms with Crippen molar-refractivity contribution in [3.8, 4) is 0 Å². The molecule has 0 spiro atoms. The van der Waals surface area contributed by atoms with E-state index in [-0.39, 0.29) is 5.91 Å². The largest absolute Gasteiger partial charge is 0.338 e. The average molecular weight is 289 g/mol. The summed E-state index contributed by atoms with van der Waals surface area (Å²) in [7, 11) is 1.78. The smallest absolute Gasteiger partial charge is 0.222 e. The van der Waals surface area contributed by atoms with E-state index in [1.807, 2.05) is 6.92 Å². The molecule has 1 rings (SSSR count). The lowest BCUT2D eigenvalue weighted by Gasteiger charge is -2.14. The highest BCUT2D eigenvalue weighted by Crippen LogP contribution is 2.04. The number of nitrogens with one attached hydrogen (secondary N) is 1. The highest BCUT2D eigenvalue weighted by atomic mass is 79.9. The van der Waals surface area contributed by atoms with Gasteiger partial charge in [0.15, 0.2) is 5.82 Å². The first kappa shape index (κ1) is 13.2. The number of unbranched alkanes of at least 4 members (excludes halogenated alkanes) is 1. The van der Waals surface area contributed by atoms with Gasteiger partial charge in [-0.25, -0.2) is 4.98 Å². The molecule has 0 bridgehead atoms. The molecule has 0 saturated heterocycles. The van der Waals surface area contributed by atoms with E-state index in [0.717, 1.165) is 24.0 Å². The van der Waals surface area contributed by atoms with Crippen LogP contribution in [-0.4, -0.2) is 38.4 Å². The summed E-state index contributed by atoms with van der Waals surface area (Å²) < 4.78 is 0. The van der Waals surface area contributed by atoms with Crippen LogP contribution >= 0.6 is 15.9 Å². The van der Waals surface area contributed by atoms with Gasteiger partial charge in [0.1, 0.15) is 5.82 Å². The van der Waals surface area contributed by atoms with Crippen LogP contribution < -0.4 is 0 Å². The fraction of sp³-hybridized carbons (Fsp3) is 0.700. The molecule has 5 nitrogen and oxygen atoms in total. The number of alkyl halides is 1. The van der Waals surface area contributed by atoms with Crippen molar-refractivity contribution in [2.24, 2.45) is 0 Å². The fourth-order valence-corrected chi connectivity index (χ4v) is 1.72. The summed E-state index contributed by atoms with van der Waals surface area (Å²) in [5.74, 6) is 1.58. The Bertz CT molecular complexity index is 339. The number of aromatic amines is 1. The van der Waals surface area contributed by atoms with Gasteiger partial charge in [-0.1, -0.05) is 15.9 Å². The summed E-state index contributed by atoms with van der Waals surface area (Å²) in [5, 5.41) is 7.71. The molecule has 0 saturated carbocycles. The number of H-pyrrole nitrogens is 1. The molecule has 1 heterocycles. The van der Waals surface area contributed by atoms with Crippen molar-refractivity contribution >= 4 is 21.8 Å². The molecule has 90 valence electrons. The summed E-state index contributed by atoms with van der Waals surface area (Å²) in [6, 6.07) is 0. The average Bonchev–Trinajstić information content (AvgIpc) is 2.64. The Balaban J connectivity index is 2.34. The van der Waals surface area contributed by atoms with E-state index in [0.29, 0.717) is 18.8 Å². The van der Waals surface area contributed by atoms with Gasteiger partial charge in [0, 0.05) is 18.8 Å². The predicted octanol–water partition coefficient (Wildman–Crippen LogP) is 1.64. The van der Waals surface area contributed by atoms with Gasteiger partial charge in [-0.15, -0.1) is 0 Å². The van der Waals surface area contributed by atoms with Crippen LogP contribution in [-0.2, 0) is 11.3 Å². The molecule has 16 heavy (non-hydrogen) atoms. The quantitative estimate of drug-likeness (QED) is 0.639. The van der Waals surface area contributed by atoms with Gasteiger partial charge in [0.05, 0.1) is 6.54 Å². The van der Waals surface area contributed by atoms with Crippen molar-refractivity contribution in [1.29, 1.82) is 0 Å².